The second kappa shape index (κ2) is 8.80. The summed E-state index contributed by atoms with van der Waals surface area (Å²) >= 11 is 0. The van der Waals surface area contributed by atoms with Crippen LogP contribution in [0.25, 0.3) is 11.0 Å². The number of nitrogens with zero attached hydrogens (tertiary/aromatic N) is 1. The molecule has 1 aromatic carbocycles. The first-order valence-electron chi connectivity index (χ1n) is 11.2. The number of likely N-dealkylation sites (tertiary alicyclic amines) is 1. The molecule has 2 fully saturated rings. The zero-order chi connectivity index (χ0) is 21.1. The number of benzene rings is 1. The average Bonchev–Trinajstić information content (AvgIpc) is 2.74. The van der Waals surface area contributed by atoms with Crippen LogP contribution in [-0.2, 0) is 11.2 Å². The monoisotopic (exact) mass is 413 g/mol. The van der Waals surface area contributed by atoms with E-state index < -0.39 is 5.60 Å². The Morgan fingerprint density at radius 2 is 2.17 bits per heavy atom. The summed E-state index contributed by atoms with van der Waals surface area (Å²) < 4.78 is 11.1. The van der Waals surface area contributed by atoms with Crippen LogP contribution in [0, 0.1) is 5.92 Å². The highest BCUT2D eigenvalue weighted by Crippen LogP contribution is 2.39. The van der Waals surface area contributed by atoms with E-state index in [1.165, 1.54) is 0 Å². The summed E-state index contributed by atoms with van der Waals surface area (Å²) in [6.45, 7) is 3.23. The number of carbonyl (C=O) groups excluding carboxylic acids is 1. The predicted octanol–water partition coefficient (Wildman–Crippen LogP) is 3.67. The molecule has 2 aliphatic rings. The zero-order valence-corrected chi connectivity index (χ0v) is 17.7. The van der Waals surface area contributed by atoms with E-state index in [-0.39, 0.29) is 24.1 Å². The van der Waals surface area contributed by atoms with Crippen LogP contribution in [-0.4, -0.2) is 41.2 Å². The Morgan fingerprint density at radius 1 is 1.30 bits per heavy atom. The molecule has 0 radical (unpaired) electrons. The van der Waals surface area contributed by atoms with Crippen molar-refractivity contribution in [3.8, 4) is 5.75 Å². The summed E-state index contributed by atoms with van der Waals surface area (Å²) in [5.74, 6) is 0.610. The fraction of sp³-hybridized carbons (Fsp3) is 0.583. The zero-order valence-electron chi connectivity index (χ0n) is 17.7. The highest BCUT2D eigenvalue weighted by Gasteiger charge is 2.43. The molecule has 4 rings (SSSR count). The van der Waals surface area contributed by atoms with Crippen LogP contribution in [0.2, 0.25) is 0 Å². The molecule has 1 aromatic heterocycles. The molecule has 2 atom stereocenters. The number of piperidine rings is 1. The number of ether oxygens (including phenoxy) is 1. The van der Waals surface area contributed by atoms with Gasteiger partial charge in [-0.05, 0) is 49.8 Å². The van der Waals surface area contributed by atoms with Crippen molar-refractivity contribution in [1.82, 2.24) is 4.90 Å². The maximum Gasteiger partial charge on any atom is 0.336 e. The minimum absolute atomic E-state index is 0.0591. The van der Waals surface area contributed by atoms with Gasteiger partial charge in [0.05, 0.1) is 5.60 Å². The summed E-state index contributed by atoms with van der Waals surface area (Å²) in [4.78, 5) is 26.4. The van der Waals surface area contributed by atoms with Crippen molar-refractivity contribution in [2.45, 2.75) is 63.9 Å². The van der Waals surface area contributed by atoms with E-state index in [9.17, 15) is 14.7 Å². The van der Waals surface area contributed by atoms with Crippen molar-refractivity contribution in [2.24, 2.45) is 5.92 Å². The van der Waals surface area contributed by atoms with Crippen LogP contribution >= 0.6 is 0 Å². The number of hydrogen-bond donors (Lipinski definition) is 1. The van der Waals surface area contributed by atoms with Gasteiger partial charge in [0.25, 0.3) is 5.91 Å². The molecule has 30 heavy (non-hydrogen) atoms. The van der Waals surface area contributed by atoms with Crippen LogP contribution in [0.4, 0.5) is 0 Å². The van der Waals surface area contributed by atoms with E-state index in [0.717, 1.165) is 55.9 Å². The first-order chi connectivity index (χ1) is 14.5. The SMILES string of the molecule is CCCCc1cc(=O)oc2cc(OCC(=O)N3CC[C@@]4(O)CCCC[C@H]4C3)ccc12. The Balaban J connectivity index is 1.41. The van der Waals surface area contributed by atoms with E-state index in [4.69, 9.17) is 9.15 Å². The first-order valence-corrected chi connectivity index (χ1v) is 11.2. The molecule has 1 N–H and O–H groups in total. The molecule has 6 heteroatoms. The van der Waals surface area contributed by atoms with Gasteiger partial charge in [-0.2, -0.15) is 0 Å². The number of carbonyl (C=O) groups is 1. The van der Waals surface area contributed by atoms with Crippen LogP contribution in [0.15, 0.2) is 33.5 Å². The van der Waals surface area contributed by atoms with Gasteiger partial charge in [-0.15, -0.1) is 0 Å². The van der Waals surface area contributed by atoms with Gasteiger partial charge in [0.2, 0.25) is 0 Å². The summed E-state index contributed by atoms with van der Waals surface area (Å²) in [6.07, 6.45) is 7.56. The molecule has 0 unspecified atom stereocenters. The lowest BCUT2D eigenvalue weighted by Crippen LogP contribution is -2.55. The molecular formula is C24H31NO5. The lowest BCUT2D eigenvalue weighted by atomic mass is 9.71. The normalized spacial score (nSPS) is 23.9. The van der Waals surface area contributed by atoms with Gasteiger partial charge in [-0.3, -0.25) is 4.79 Å². The van der Waals surface area contributed by atoms with Crippen molar-refractivity contribution in [3.63, 3.8) is 0 Å². The van der Waals surface area contributed by atoms with Crippen LogP contribution < -0.4 is 10.4 Å². The maximum absolute atomic E-state index is 12.7. The lowest BCUT2D eigenvalue weighted by Gasteiger charge is -2.47. The number of aryl methyl sites for hydroxylation is 1. The molecule has 1 aliphatic heterocycles. The Morgan fingerprint density at radius 3 is 3.00 bits per heavy atom. The highest BCUT2D eigenvalue weighted by atomic mass is 16.5. The van der Waals surface area contributed by atoms with Crippen molar-refractivity contribution < 1.29 is 19.1 Å². The van der Waals surface area contributed by atoms with Gasteiger partial charge in [0.15, 0.2) is 6.61 Å². The molecule has 2 aromatic rings. The van der Waals surface area contributed by atoms with Crippen LogP contribution in [0.5, 0.6) is 5.75 Å². The van der Waals surface area contributed by atoms with Gasteiger partial charge in [0, 0.05) is 36.5 Å². The number of rotatable bonds is 6. The maximum atomic E-state index is 12.7. The third kappa shape index (κ3) is 4.38. The second-order valence-electron chi connectivity index (χ2n) is 8.78. The summed E-state index contributed by atoms with van der Waals surface area (Å²) in [7, 11) is 0. The minimum Gasteiger partial charge on any atom is -0.484 e. The number of amides is 1. The van der Waals surface area contributed by atoms with E-state index in [1.807, 2.05) is 17.0 Å². The number of unbranched alkanes of at least 4 members (excludes halogenated alkanes) is 1. The average molecular weight is 414 g/mol. The third-order valence-electron chi connectivity index (χ3n) is 6.74. The number of aliphatic hydroxyl groups is 1. The largest absolute Gasteiger partial charge is 0.484 e. The molecule has 1 aliphatic carbocycles. The molecule has 1 saturated carbocycles. The van der Waals surface area contributed by atoms with Gasteiger partial charge in [-0.25, -0.2) is 4.79 Å². The molecule has 6 nitrogen and oxygen atoms in total. The van der Waals surface area contributed by atoms with Gasteiger partial charge in [0.1, 0.15) is 11.3 Å². The van der Waals surface area contributed by atoms with Crippen LogP contribution in [0.3, 0.4) is 0 Å². The topological polar surface area (TPSA) is 80.0 Å². The van der Waals surface area contributed by atoms with E-state index >= 15 is 0 Å². The molecule has 0 bridgehead atoms. The van der Waals surface area contributed by atoms with E-state index in [1.54, 1.807) is 12.1 Å². The highest BCUT2D eigenvalue weighted by molar-refractivity contribution is 5.82. The van der Waals surface area contributed by atoms with Crippen LogP contribution in [0.1, 0.15) is 57.4 Å². The van der Waals surface area contributed by atoms with Crippen molar-refractivity contribution in [2.75, 3.05) is 19.7 Å². The second-order valence-corrected chi connectivity index (χ2v) is 8.78. The van der Waals surface area contributed by atoms with Gasteiger partial charge < -0.3 is 19.2 Å². The number of fused-ring (bicyclic) bond motifs is 2. The fourth-order valence-electron chi connectivity index (χ4n) is 4.91. The Kier molecular flexibility index (Phi) is 6.14. The quantitative estimate of drug-likeness (QED) is 0.731. The first kappa shape index (κ1) is 20.9. The summed E-state index contributed by atoms with van der Waals surface area (Å²) in [5, 5.41) is 11.7. The molecule has 162 valence electrons. The third-order valence-corrected chi connectivity index (χ3v) is 6.74. The summed E-state index contributed by atoms with van der Waals surface area (Å²) in [6, 6.07) is 6.97. The van der Waals surface area contributed by atoms with Crippen molar-refractivity contribution in [3.05, 3.63) is 40.2 Å². The van der Waals surface area contributed by atoms with Gasteiger partial charge in [-0.1, -0.05) is 26.2 Å². The molecular weight excluding hydrogens is 382 g/mol. The van der Waals surface area contributed by atoms with Crippen molar-refractivity contribution in [1.29, 1.82) is 0 Å². The van der Waals surface area contributed by atoms with Gasteiger partial charge >= 0.3 is 5.63 Å². The van der Waals surface area contributed by atoms with E-state index in [0.29, 0.717) is 30.8 Å². The smallest absolute Gasteiger partial charge is 0.336 e. The molecule has 0 spiro atoms. The predicted molar refractivity (Wildman–Crippen MR) is 115 cm³/mol. The Bertz CT molecular complexity index is 968. The van der Waals surface area contributed by atoms with E-state index in [2.05, 4.69) is 6.92 Å². The molecule has 1 saturated heterocycles. The minimum atomic E-state index is -0.596. The Hall–Kier alpha value is -2.34. The molecule has 1 amide bonds. The lowest BCUT2D eigenvalue weighted by molar-refractivity contribution is -0.145. The van der Waals surface area contributed by atoms with Crippen molar-refractivity contribution >= 4 is 16.9 Å². The number of hydrogen-bond acceptors (Lipinski definition) is 5. The standard InChI is InChI=1S/C24H31NO5/c1-2-3-6-17-13-23(27)30-21-14-19(8-9-20(17)21)29-16-22(26)25-12-11-24(28)10-5-4-7-18(24)15-25/h8-9,13-14,18,28H,2-7,10-12,15-16H2,1H3/t18-,24-/m0/s1. The Labute approximate surface area is 176 Å². The fourth-order valence-corrected chi connectivity index (χ4v) is 4.91. The summed E-state index contributed by atoms with van der Waals surface area (Å²) in [5.41, 5.74) is 0.513. The molecule has 2 heterocycles.